The minimum atomic E-state index is -0.920. The molecule has 6 nitrogen and oxygen atoms in total. The summed E-state index contributed by atoms with van der Waals surface area (Å²) in [6, 6.07) is 17.7. The number of aliphatic hydroxyl groups is 1. The van der Waals surface area contributed by atoms with Gasteiger partial charge >= 0.3 is 5.91 Å². The third kappa shape index (κ3) is 3.81. The molecule has 3 aromatic carbocycles. The first-order valence-corrected chi connectivity index (χ1v) is 11.7. The van der Waals surface area contributed by atoms with Crippen molar-refractivity contribution in [2.24, 2.45) is 0 Å². The number of anilines is 1. The number of nitrogens with zero attached hydrogens (tertiary/aromatic N) is 2. The normalized spacial score (nSPS) is 17.5. The van der Waals surface area contributed by atoms with Crippen LogP contribution >= 0.6 is 34.5 Å². The predicted octanol–water partition coefficient (Wildman–Crippen LogP) is 6.24. The lowest BCUT2D eigenvalue weighted by Gasteiger charge is -2.23. The lowest BCUT2D eigenvalue weighted by atomic mass is 9.95. The molecule has 4 aromatic rings. The van der Waals surface area contributed by atoms with Crippen molar-refractivity contribution in [1.29, 1.82) is 0 Å². The average molecular weight is 511 g/mol. The molecule has 170 valence electrons. The van der Waals surface area contributed by atoms with E-state index >= 15 is 0 Å². The number of ether oxygens (including phenoxy) is 1. The van der Waals surface area contributed by atoms with Crippen LogP contribution in [-0.4, -0.2) is 28.9 Å². The molecular weight excluding hydrogens is 495 g/mol. The van der Waals surface area contributed by atoms with Gasteiger partial charge in [0.05, 0.1) is 28.9 Å². The highest BCUT2D eigenvalue weighted by Crippen LogP contribution is 2.45. The Kier molecular flexibility index (Phi) is 5.77. The number of amides is 1. The van der Waals surface area contributed by atoms with Gasteiger partial charge in [0.15, 0.2) is 5.13 Å². The van der Waals surface area contributed by atoms with E-state index in [1.165, 1.54) is 23.3 Å². The number of fused-ring (bicyclic) bond motifs is 1. The predicted molar refractivity (Wildman–Crippen MR) is 134 cm³/mol. The highest BCUT2D eigenvalue weighted by molar-refractivity contribution is 7.22. The summed E-state index contributed by atoms with van der Waals surface area (Å²) in [5, 5.41) is 12.5. The monoisotopic (exact) mass is 510 g/mol. The summed E-state index contributed by atoms with van der Waals surface area (Å²) < 4.78 is 5.94. The van der Waals surface area contributed by atoms with Crippen molar-refractivity contribution in [3.8, 4) is 5.75 Å². The van der Waals surface area contributed by atoms with Crippen molar-refractivity contribution in [1.82, 2.24) is 4.98 Å². The fourth-order valence-electron chi connectivity index (χ4n) is 3.92. The Hall–Kier alpha value is -3.39. The zero-order valence-corrected chi connectivity index (χ0v) is 20.0. The fraction of sp³-hybridized carbons (Fsp3) is 0.0800. The van der Waals surface area contributed by atoms with Crippen molar-refractivity contribution in [2.75, 3.05) is 12.0 Å². The second-order valence-electron chi connectivity index (χ2n) is 7.56. The van der Waals surface area contributed by atoms with Crippen LogP contribution in [0.2, 0.25) is 10.0 Å². The molecule has 1 aromatic heterocycles. The molecule has 34 heavy (non-hydrogen) atoms. The first-order chi connectivity index (χ1) is 16.4. The molecule has 1 unspecified atom stereocenters. The van der Waals surface area contributed by atoms with Crippen molar-refractivity contribution in [3.63, 3.8) is 0 Å². The van der Waals surface area contributed by atoms with Crippen LogP contribution in [0.15, 0.2) is 72.3 Å². The highest BCUT2D eigenvalue weighted by atomic mass is 35.5. The molecule has 1 atom stereocenters. The maximum atomic E-state index is 13.3. The number of Topliss-reactive ketones (excluding diaryl/α,β-unsaturated/α-hetero) is 1. The number of hydrogen-bond acceptors (Lipinski definition) is 6. The van der Waals surface area contributed by atoms with E-state index in [-0.39, 0.29) is 11.3 Å². The van der Waals surface area contributed by atoms with Gasteiger partial charge in [0.2, 0.25) is 0 Å². The van der Waals surface area contributed by atoms with Crippen LogP contribution in [0, 0.1) is 0 Å². The van der Waals surface area contributed by atoms with Crippen LogP contribution in [0.3, 0.4) is 0 Å². The first kappa shape index (κ1) is 22.4. The number of hydrogen-bond donors (Lipinski definition) is 1. The zero-order chi connectivity index (χ0) is 24.0. The number of methoxy groups -OCH3 is 1. The van der Waals surface area contributed by atoms with Crippen LogP contribution in [0.1, 0.15) is 17.2 Å². The molecule has 1 amide bonds. The van der Waals surface area contributed by atoms with E-state index in [1.54, 1.807) is 66.7 Å². The van der Waals surface area contributed by atoms with Crippen molar-refractivity contribution < 1.29 is 19.4 Å². The van der Waals surface area contributed by atoms with Crippen LogP contribution in [0.4, 0.5) is 5.13 Å². The number of aliphatic hydroxyl groups excluding tert-OH is 1. The van der Waals surface area contributed by atoms with Gasteiger partial charge in [0.1, 0.15) is 11.5 Å². The van der Waals surface area contributed by atoms with Crippen molar-refractivity contribution in [3.05, 3.63) is 93.5 Å². The summed E-state index contributed by atoms with van der Waals surface area (Å²) in [5.74, 6) is -1.30. The van der Waals surface area contributed by atoms with Crippen LogP contribution in [0.5, 0.6) is 5.75 Å². The fourth-order valence-corrected chi connectivity index (χ4v) is 5.38. The average Bonchev–Trinajstić information content (AvgIpc) is 3.36. The lowest BCUT2D eigenvalue weighted by Crippen LogP contribution is -2.29. The van der Waals surface area contributed by atoms with Gasteiger partial charge in [-0.2, -0.15) is 0 Å². The Bertz CT molecular complexity index is 1480. The number of benzene rings is 3. The second kappa shape index (κ2) is 8.76. The number of aromatic nitrogens is 1. The molecule has 0 radical (unpaired) electrons. The third-order valence-electron chi connectivity index (χ3n) is 5.52. The van der Waals surface area contributed by atoms with Gasteiger partial charge in [-0.15, -0.1) is 0 Å². The Morgan fingerprint density at radius 1 is 1.03 bits per heavy atom. The minimum absolute atomic E-state index is 0.0466. The number of rotatable bonds is 4. The first-order valence-electron chi connectivity index (χ1n) is 10.1. The topological polar surface area (TPSA) is 79.7 Å². The molecule has 2 heterocycles. The maximum Gasteiger partial charge on any atom is 0.301 e. The lowest BCUT2D eigenvalue weighted by molar-refractivity contribution is -0.132. The number of halogens is 2. The summed E-state index contributed by atoms with van der Waals surface area (Å²) in [5.41, 5.74) is 1.54. The molecule has 0 bridgehead atoms. The Labute approximate surface area is 208 Å². The van der Waals surface area contributed by atoms with E-state index < -0.39 is 17.7 Å². The van der Waals surface area contributed by atoms with Crippen LogP contribution in [-0.2, 0) is 9.59 Å². The standard InChI is InChI=1S/C25H16Cl2N2O4S/c1-33-17-8-5-13(6-9-17)22(30)20-21(14-3-2-4-15(26)11-14)29(24(32)23(20)31)25-28-18-10-7-16(27)12-19(18)34-25/h2-12,21,30H,1H3. The molecule has 1 fully saturated rings. The van der Waals surface area contributed by atoms with Gasteiger partial charge in [-0.1, -0.05) is 46.7 Å². The molecule has 0 saturated carbocycles. The molecule has 1 aliphatic heterocycles. The zero-order valence-electron chi connectivity index (χ0n) is 17.7. The number of ketones is 1. The molecule has 9 heteroatoms. The summed E-state index contributed by atoms with van der Waals surface area (Å²) >= 11 is 13.6. The summed E-state index contributed by atoms with van der Waals surface area (Å²) in [7, 11) is 1.53. The van der Waals surface area contributed by atoms with Gasteiger partial charge in [-0.05, 0) is 60.2 Å². The Morgan fingerprint density at radius 3 is 2.47 bits per heavy atom. The largest absolute Gasteiger partial charge is 0.507 e. The maximum absolute atomic E-state index is 13.3. The van der Waals surface area contributed by atoms with Crippen LogP contribution in [0.25, 0.3) is 16.0 Å². The van der Waals surface area contributed by atoms with E-state index in [4.69, 9.17) is 27.9 Å². The Balaban J connectivity index is 1.72. The smallest absolute Gasteiger partial charge is 0.301 e. The van der Waals surface area contributed by atoms with Crippen molar-refractivity contribution >= 4 is 67.3 Å². The quantitative estimate of drug-likeness (QED) is 0.199. The third-order valence-corrected chi connectivity index (χ3v) is 7.01. The molecule has 0 spiro atoms. The summed E-state index contributed by atoms with van der Waals surface area (Å²) in [4.78, 5) is 32.4. The van der Waals surface area contributed by atoms with Gasteiger partial charge in [0, 0.05) is 15.6 Å². The van der Waals surface area contributed by atoms with E-state index in [9.17, 15) is 14.7 Å². The minimum Gasteiger partial charge on any atom is -0.507 e. The number of thiazole rings is 1. The van der Waals surface area contributed by atoms with E-state index in [0.717, 1.165) is 4.70 Å². The molecule has 5 rings (SSSR count). The van der Waals surface area contributed by atoms with Crippen LogP contribution < -0.4 is 9.64 Å². The van der Waals surface area contributed by atoms with Gasteiger partial charge in [-0.25, -0.2) is 4.98 Å². The SMILES string of the molecule is COc1ccc(C(O)=C2C(=O)C(=O)N(c3nc4ccc(Cl)cc4s3)C2c2cccc(Cl)c2)cc1. The van der Waals surface area contributed by atoms with E-state index in [1.807, 2.05) is 0 Å². The molecule has 0 aliphatic carbocycles. The molecular formula is C25H16Cl2N2O4S. The molecule has 1 N–H and O–H groups in total. The Morgan fingerprint density at radius 2 is 1.76 bits per heavy atom. The summed E-state index contributed by atoms with van der Waals surface area (Å²) in [6.45, 7) is 0. The van der Waals surface area contributed by atoms with Crippen molar-refractivity contribution in [2.45, 2.75) is 6.04 Å². The van der Waals surface area contributed by atoms with E-state index in [2.05, 4.69) is 4.98 Å². The van der Waals surface area contributed by atoms with Gasteiger partial charge in [0.25, 0.3) is 5.78 Å². The molecule has 1 saturated heterocycles. The highest BCUT2D eigenvalue weighted by Gasteiger charge is 2.48. The summed E-state index contributed by atoms with van der Waals surface area (Å²) in [6.07, 6.45) is 0. The van der Waals surface area contributed by atoms with Gasteiger partial charge in [-0.3, -0.25) is 14.5 Å². The van der Waals surface area contributed by atoms with Gasteiger partial charge < -0.3 is 9.84 Å². The number of carbonyl (C=O) groups excluding carboxylic acids is 2. The second-order valence-corrected chi connectivity index (χ2v) is 9.44. The molecule has 1 aliphatic rings. The van der Waals surface area contributed by atoms with E-state index in [0.29, 0.717) is 37.6 Å². The number of carbonyl (C=O) groups is 2.